The Morgan fingerprint density at radius 2 is 1.97 bits per heavy atom. The molecule has 0 bridgehead atoms. The summed E-state index contributed by atoms with van der Waals surface area (Å²) in [5, 5.41) is 12.0. The fourth-order valence-electron chi connectivity index (χ4n) is 3.99. The van der Waals surface area contributed by atoms with Gasteiger partial charge in [-0.3, -0.25) is 9.48 Å². The summed E-state index contributed by atoms with van der Waals surface area (Å²) >= 11 is 0. The molecule has 176 valence electrons. The lowest BCUT2D eigenvalue weighted by molar-refractivity contribution is -0.121. The smallest absolute Gasteiger partial charge is 0.222 e. The highest BCUT2D eigenvalue weighted by atomic mass is 19.1. The van der Waals surface area contributed by atoms with E-state index < -0.39 is 11.6 Å². The average molecular weight is 466 g/mol. The predicted octanol–water partition coefficient (Wildman–Crippen LogP) is 4.34. The van der Waals surface area contributed by atoms with Crippen LogP contribution in [0.3, 0.4) is 0 Å². The van der Waals surface area contributed by atoms with Gasteiger partial charge in [-0.1, -0.05) is 6.07 Å². The zero-order valence-corrected chi connectivity index (χ0v) is 19.0. The number of aromatic nitrogens is 4. The fourth-order valence-corrected chi connectivity index (χ4v) is 3.99. The number of rotatable bonds is 8. The molecule has 0 saturated heterocycles. The summed E-state index contributed by atoms with van der Waals surface area (Å²) in [6.07, 6.45) is 6.14. The number of carbonyl (C=O) groups excluding carboxylic acids is 1. The zero-order valence-electron chi connectivity index (χ0n) is 19.0. The normalized spacial score (nSPS) is 13.4. The van der Waals surface area contributed by atoms with Gasteiger partial charge in [0, 0.05) is 42.4 Å². The molecule has 1 aliphatic rings. The Kier molecular flexibility index (Phi) is 5.77. The first-order chi connectivity index (χ1) is 16.4. The van der Waals surface area contributed by atoms with Crippen molar-refractivity contribution in [3.8, 4) is 17.0 Å². The van der Waals surface area contributed by atoms with Crippen molar-refractivity contribution in [1.29, 1.82) is 0 Å². The van der Waals surface area contributed by atoms with Crippen molar-refractivity contribution < 1.29 is 18.3 Å². The molecule has 1 aromatic carbocycles. The summed E-state index contributed by atoms with van der Waals surface area (Å²) in [5.74, 6) is -0.884. The lowest BCUT2D eigenvalue weighted by Crippen LogP contribution is -2.26. The number of amides is 1. The second kappa shape index (κ2) is 8.89. The van der Waals surface area contributed by atoms with Gasteiger partial charge < -0.3 is 10.1 Å². The Morgan fingerprint density at radius 3 is 2.71 bits per heavy atom. The summed E-state index contributed by atoms with van der Waals surface area (Å²) in [6.45, 7) is 4.04. The van der Waals surface area contributed by atoms with Crippen LogP contribution in [0.15, 0.2) is 42.7 Å². The highest BCUT2D eigenvalue weighted by molar-refractivity contribution is 5.82. The molecule has 1 fully saturated rings. The maximum atomic E-state index is 14.0. The molecular formula is C25H25F2N5O2. The molecule has 4 aromatic rings. The molecule has 7 nitrogen and oxygen atoms in total. The van der Waals surface area contributed by atoms with Crippen molar-refractivity contribution in [3.63, 3.8) is 0 Å². The van der Waals surface area contributed by atoms with Gasteiger partial charge >= 0.3 is 0 Å². The van der Waals surface area contributed by atoms with E-state index in [2.05, 4.69) is 15.5 Å². The second-order valence-electron chi connectivity index (χ2n) is 8.70. The number of nitrogens with zero attached hydrogens (tertiary/aromatic N) is 4. The number of benzene rings is 1. The van der Waals surface area contributed by atoms with Crippen LogP contribution in [0.1, 0.15) is 36.1 Å². The molecule has 9 heteroatoms. The zero-order chi connectivity index (χ0) is 23.8. The molecule has 34 heavy (non-hydrogen) atoms. The Hall–Kier alpha value is -3.75. The van der Waals surface area contributed by atoms with Gasteiger partial charge in [0.25, 0.3) is 0 Å². The minimum Gasteiger partial charge on any atom is -0.473 e. The quantitative estimate of drug-likeness (QED) is 0.420. The van der Waals surface area contributed by atoms with E-state index >= 15 is 0 Å². The largest absolute Gasteiger partial charge is 0.473 e. The third kappa shape index (κ3) is 4.50. The molecule has 1 aliphatic carbocycles. The van der Waals surface area contributed by atoms with Gasteiger partial charge in [0.05, 0.1) is 23.0 Å². The second-order valence-corrected chi connectivity index (χ2v) is 8.70. The van der Waals surface area contributed by atoms with Crippen molar-refractivity contribution in [1.82, 2.24) is 24.7 Å². The molecule has 5 rings (SSSR count). The third-order valence-electron chi connectivity index (χ3n) is 5.88. The van der Waals surface area contributed by atoms with E-state index in [1.54, 1.807) is 21.5 Å². The first-order valence-electron chi connectivity index (χ1n) is 11.3. The molecule has 0 aliphatic heterocycles. The molecule has 0 unspecified atom stereocenters. The molecule has 0 spiro atoms. The first-order valence-corrected chi connectivity index (χ1v) is 11.3. The number of hydrogen-bond acceptors (Lipinski definition) is 4. The van der Waals surface area contributed by atoms with Crippen LogP contribution in [0, 0.1) is 25.5 Å². The maximum absolute atomic E-state index is 14.0. The number of aryl methyl sites for hydroxylation is 3. The summed E-state index contributed by atoms with van der Waals surface area (Å²) in [4.78, 5) is 12.0. The lowest BCUT2D eigenvalue weighted by Gasteiger charge is -2.11. The predicted molar refractivity (Wildman–Crippen MR) is 122 cm³/mol. The van der Waals surface area contributed by atoms with E-state index in [4.69, 9.17) is 4.74 Å². The van der Waals surface area contributed by atoms with Crippen LogP contribution in [-0.2, 0) is 17.9 Å². The minimum atomic E-state index is -0.653. The van der Waals surface area contributed by atoms with Crippen molar-refractivity contribution in [3.05, 3.63) is 71.2 Å². The van der Waals surface area contributed by atoms with Gasteiger partial charge in [-0.15, -0.1) is 0 Å². The lowest BCUT2D eigenvalue weighted by atomic mass is 10.1. The molecule has 1 N–H and O–H groups in total. The van der Waals surface area contributed by atoms with Crippen LogP contribution < -0.4 is 10.1 Å². The van der Waals surface area contributed by atoms with E-state index in [0.717, 1.165) is 40.7 Å². The number of hydrogen-bond donors (Lipinski definition) is 1. The molecule has 1 saturated carbocycles. The third-order valence-corrected chi connectivity index (χ3v) is 5.88. The van der Waals surface area contributed by atoms with E-state index in [1.807, 2.05) is 26.1 Å². The molecular weight excluding hydrogens is 440 g/mol. The molecule has 0 radical (unpaired) electrons. The van der Waals surface area contributed by atoms with Crippen LogP contribution in [-0.4, -0.2) is 31.3 Å². The number of pyridine rings is 1. The van der Waals surface area contributed by atoms with Crippen molar-refractivity contribution in [2.45, 2.75) is 52.3 Å². The summed E-state index contributed by atoms with van der Waals surface area (Å²) in [5.41, 5.74) is 4.10. The number of carbonyl (C=O) groups is 1. The highest BCUT2D eigenvalue weighted by Gasteiger charge is 2.23. The Bertz CT molecular complexity index is 1350. The SMILES string of the molecule is Cc1cc(OCc2c(F)cccc2F)n2nc(C)c(-c3cnn(CCC(=O)NC4CC4)c3)c2c1. The van der Waals surface area contributed by atoms with Crippen molar-refractivity contribution in [2.24, 2.45) is 0 Å². The fraction of sp³-hybridized carbons (Fsp3) is 0.320. The monoisotopic (exact) mass is 465 g/mol. The molecule has 0 atom stereocenters. The van der Waals surface area contributed by atoms with Gasteiger partial charge in [-0.2, -0.15) is 10.2 Å². The number of fused-ring (bicyclic) bond motifs is 1. The Balaban J connectivity index is 1.40. The van der Waals surface area contributed by atoms with Gasteiger partial charge in [0.1, 0.15) is 18.2 Å². The number of halogens is 2. The Labute approximate surface area is 195 Å². The van der Waals surface area contributed by atoms with Crippen molar-refractivity contribution in [2.75, 3.05) is 0 Å². The topological polar surface area (TPSA) is 73.5 Å². The Morgan fingerprint density at radius 1 is 1.21 bits per heavy atom. The summed E-state index contributed by atoms with van der Waals surface area (Å²) in [6, 6.07) is 7.84. The summed E-state index contributed by atoms with van der Waals surface area (Å²) < 4.78 is 37.3. The molecule has 1 amide bonds. The van der Waals surface area contributed by atoms with Crippen LogP contribution in [0.2, 0.25) is 0 Å². The van der Waals surface area contributed by atoms with Gasteiger partial charge in [-0.05, 0) is 50.5 Å². The summed E-state index contributed by atoms with van der Waals surface area (Å²) in [7, 11) is 0. The van der Waals surface area contributed by atoms with Crippen LogP contribution >= 0.6 is 0 Å². The van der Waals surface area contributed by atoms with Crippen LogP contribution in [0.5, 0.6) is 5.88 Å². The van der Waals surface area contributed by atoms with Crippen molar-refractivity contribution >= 4 is 11.4 Å². The average Bonchev–Trinajstić information content (AvgIpc) is 3.37. The standard InChI is InChI=1S/C25H25F2N5O2/c1-15-10-22-25(17-12-28-31(13-17)9-8-23(33)29-18-6-7-18)16(2)30-32(22)24(11-15)34-14-19-20(26)4-3-5-21(19)27/h3-5,10-13,18H,6-9,14H2,1-2H3,(H,29,33). The highest BCUT2D eigenvalue weighted by Crippen LogP contribution is 2.32. The van der Waals surface area contributed by atoms with Gasteiger partial charge in [0.15, 0.2) is 0 Å². The van der Waals surface area contributed by atoms with Gasteiger partial charge in [-0.25, -0.2) is 13.3 Å². The van der Waals surface area contributed by atoms with Crippen LogP contribution in [0.25, 0.3) is 16.6 Å². The minimum absolute atomic E-state index is 0.0374. The van der Waals surface area contributed by atoms with Gasteiger partial charge in [0.2, 0.25) is 11.8 Å². The number of ether oxygens (including phenoxy) is 1. The molecule has 3 heterocycles. The molecule has 3 aromatic heterocycles. The first kappa shape index (κ1) is 22.1. The van der Waals surface area contributed by atoms with E-state index in [1.165, 1.54) is 18.2 Å². The van der Waals surface area contributed by atoms with Crippen LogP contribution in [0.4, 0.5) is 8.78 Å². The number of nitrogens with one attached hydrogen (secondary N) is 1. The van der Waals surface area contributed by atoms with E-state index in [0.29, 0.717) is 24.9 Å². The van der Waals surface area contributed by atoms with E-state index in [-0.39, 0.29) is 18.1 Å². The van der Waals surface area contributed by atoms with E-state index in [9.17, 15) is 13.6 Å². The maximum Gasteiger partial charge on any atom is 0.222 e.